The van der Waals surface area contributed by atoms with Crippen molar-refractivity contribution in [3.05, 3.63) is 30.1 Å². The highest BCUT2D eigenvalue weighted by Gasteiger charge is 2.18. The summed E-state index contributed by atoms with van der Waals surface area (Å²) in [7, 11) is 0. The molecule has 16 heavy (non-hydrogen) atoms. The van der Waals surface area contributed by atoms with E-state index in [4.69, 9.17) is 0 Å². The van der Waals surface area contributed by atoms with Crippen LogP contribution in [0.2, 0.25) is 0 Å². The molecule has 0 aliphatic heterocycles. The Morgan fingerprint density at radius 1 is 1.12 bits per heavy atom. The van der Waals surface area contributed by atoms with Crippen molar-refractivity contribution in [2.75, 3.05) is 0 Å². The van der Waals surface area contributed by atoms with Crippen LogP contribution in [0, 0.1) is 5.41 Å². The third-order valence-corrected chi connectivity index (χ3v) is 3.09. The zero-order valence-corrected chi connectivity index (χ0v) is 11.0. The molecule has 0 saturated carbocycles. The summed E-state index contributed by atoms with van der Waals surface area (Å²) in [6.45, 7) is 6.97. The summed E-state index contributed by atoms with van der Waals surface area (Å²) in [5.74, 6) is 0. The molecule has 1 aromatic rings. The van der Waals surface area contributed by atoms with Crippen LogP contribution in [0.4, 0.5) is 0 Å². The van der Waals surface area contributed by atoms with Crippen LogP contribution in [0.15, 0.2) is 24.4 Å². The van der Waals surface area contributed by atoms with Gasteiger partial charge in [-0.15, -0.1) is 0 Å². The van der Waals surface area contributed by atoms with Gasteiger partial charge in [-0.3, -0.25) is 4.98 Å². The number of aromatic nitrogens is 1. The minimum atomic E-state index is 0.391. The Labute approximate surface area is 100 Å². The zero-order valence-electron chi connectivity index (χ0n) is 11.0. The first kappa shape index (κ1) is 13.2. The van der Waals surface area contributed by atoms with Crippen LogP contribution >= 0.6 is 0 Å². The van der Waals surface area contributed by atoms with Crippen molar-refractivity contribution < 1.29 is 0 Å². The lowest BCUT2D eigenvalue weighted by atomic mass is 9.82. The van der Waals surface area contributed by atoms with Crippen molar-refractivity contribution in [1.82, 2.24) is 4.98 Å². The van der Waals surface area contributed by atoms with E-state index in [1.165, 1.54) is 37.8 Å². The second kappa shape index (κ2) is 6.67. The van der Waals surface area contributed by atoms with Crippen molar-refractivity contribution in [3.63, 3.8) is 0 Å². The summed E-state index contributed by atoms with van der Waals surface area (Å²) in [6.07, 6.45) is 9.72. The van der Waals surface area contributed by atoms with Gasteiger partial charge in [-0.25, -0.2) is 0 Å². The summed E-state index contributed by atoms with van der Waals surface area (Å²) in [4.78, 5) is 4.41. The molecule has 90 valence electrons. The van der Waals surface area contributed by atoms with E-state index in [1.807, 2.05) is 12.3 Å². The molecule has 1 rings (SSSR count). The fourth-order valence-electron chi connectivity index (χ4n) is 2.11. The van der Waals surface area contributed by atoms with E-state index in [1.54, 1.807) is 0 Å². The summed E-state index contributed by atoms with van der Waals surface area (Å²) in [5.41, 5.74) is 1.62. The Balaban J connectivity index is 2.33. The molecule has 0 unspecified atom stereocenters. The second-order valence-corrected chi connectivity index (χ2v) is 5.47. The lowest BCUT2D eigenvalue weighted by Crippen LogP contribution is -2.15. The first-order chi connectivity index (χ1) is 7.64. The molecule has 0 bridgehead atoms. The van der Waals surface area contributed by atoms with Crippen LogP contribution in [0.3, 0.4) is 0 Å². The lowest BCUT2D eigenvalue weighted by Gasteiger charge is -2.24. The highest BCUT2D eigenvalue weighted by atomic mass is 14.7. The van der Waals surface area contributed by atoms with Crippen LogP contribution in [0.25, 0.3) is 0 Å². The topological polar surface area (TPSA) is 12.9 Å². The van der Waals surface area contributed by atoms with Crippen molar-refractivity contribution in [3.8, 4) is 0 Å². The van der Waals surface area contributed by atoms with Crippen LogP contribution < -0.4 is 0 Å². The molecular formula is C15H25N. The average Bonchev–Trinajstić information content (AvgIpc) is 2.25. The number of unbranched alkanes of at least 4 members (excludes halogenated alkanes) is 3. The van der Waals surface area contributed by atoms with Crippen LogP contribution in [-0.2, 0) is 6.42 Å². The SMILES string of the molecule is CCCCCCC(C)(C)Cc1ccccn1. The Kier molecular flexibility index (Phi) is 5.51. The van der Waals surface area contributed by atoms with E-state index in [0.717, 1.165) is 6.42 Å². The molecule has 1 nitrogen and oxygen atoms in total. The van der Waals surface area contributed by atoms with Crippen molar-refractivity contribution in [2.24, 2.45) is 5.41 Å². The van der Waals surface area contributed by atoms with Crippen LogP contribution in [0.1, 0.15) is 58.6 Å². The molecule has 0 aliphatic rings. The fraction of sp³-hybridized carbons (Fsp3) is 0.667. The van der Waals surface area contributed by atoms with E-state index in [0.29, 0.717) is 5.41 Å². The number of rotatable bonds is 7. The third-order valence-electron chi connectivity index (χ3n) is 3.09. The minimum absolute atomic E-state index is 0.391. The van der Waals surface area contributed by atoms with Crippen molar-refractivity contribution >= 4 is 0 Å². The van der Waals surface area contributed by atoms with E-state index in [9.17, 15) is 0 Å². The first-order valence-corrected chi connectivity index (χ1v) is 6.54. The number of hydrogen-bond donors (Lipinski definition) is 0. The van der Waals surface area contributed by atoms with Gasteiger partial charge in [0, 0.05) is 11.9 Å². The molecule has 0 radical (unpaired) electrons. The number of hydrogen-bond acceptors (Lipinski definition) is 1. The van der Waals surface area contributed by atoms with E-state index in [2.05, 4.69) is 37.9 Å². The van der Waals surface area contributed by atoms with Gasteiger partial charge in [-0.05, 0) is 30.4 Å². The second-order valence-electron chi connectivity index (χ2n) is 5.47. The smallest absolute Gasteiger partial charge is 0.0408 e. The molecular weight excluding hydrogens is 194 g/mol. The Hall–Kier alpha value is -0.850. The molecule has 0 N–H and O–H groups in total. The van der Waals surface area contributed by atoms with E-state index in [-0.39, 0.29) is 0 Å². The largest absolute Gasteiger partial charge is 0.261 e. The molecule has 0 atom stereocenters. The molecule has 0 aliphatic carbocycles. The van der Waals surface area contributed by atoms with Gasteiger partial charge in [0.15, 0.2) is 0 Å². The summed E-state index contributed by atoms with van der Waals surface area (Å²) < 4.78 is 0. The molecule has 0 aromatic carbocycles. The van der Waals surface area contributed by atoms with Gasteiger partial charge < -0.3 is 0 Å². The first-order valence-electron chi connectivity index (χ1n) is 6.54. The normalized spacial score (nSPS) is 11.7. The Bertz CT molecular complexity index is 277. The lowest BCUT2D eigenvalue weighted by molar-refractivity contribution is 0.314. The fourth-order valence-corrected chi connectivity index (χ4v) is 2.11. The molecule has 0 spiro atoms. The van der Waals surface area contributed by atoms with Crippen molar-refractivity contribution in [2.45, 2.75) is 59.3 Å². The molecule has 0 saturated heterocycles. The quantitative estimate of drug-likeness (QED) is 0.610. The van der Waals surface area contributed by atoms with Gasteiger partial charge in [-0.2, -0.15) is 0 Å². The molecule has 1 aromatic heterocycles. The highest BCUT2D eigenvalue weighted by Crippen LogP contribution is 2.27. The predicted molar refractivity (Wildman–Crippen MR) is 70.5 cm³/mol. The van der Waals surface area contributed by atoms with Gasteiger partial charge in [-0.1, -0.05) is 52.5 Å². The number of nitrogens with zero attached hydrogens (tertiary/aromatic N) is 1. The molecule has 0 amide bonds. The Morgan fingerprint density at radius 2 is 1.94 bits per heavy atom. The minimum Gasteiger partial charge on any atom is -0.261 e. The van der Waals surface area contributed by atoms with Crippen LogP contribution in [-0.4, -0.2) is 4.98 Å². The molecule has 1 heteroatoms. The maximum atomic E-state index is 4.41. The van der Waals surface area contributed by atoms with Gasteiger partial charge in [0.05, 0.1) is 0 Å². The highest BCUT2D eigenvalue weighted by molar-refractivity contribution is 5.05. The summed E-state index contributed by atoms with van der Waals surface area (Å²) in [6, 6.07) is 6.20. The van der Waals surface area contributed by atoms with E-state index < -0.39 is 0 Å². The average molecular weight is 219 g/mol. The molecule has 0 fully saturated rings. The van der Waals surface area contributed by atoms with Gasteiger partial charge >= 0.3 is 0 Å². The monoisotopic (exact) mass is 219 g/mol. The zero-order chi connectivity index (χ0) is 11.9. The summed E-state index contributed by atoms with van der Waals surface area (Å²) in [5, 5.41) is 0. The number of pyridine rings is 1. The maximum absolute atomic E-state index is 4.41. The van der Waals surface area contributed by atoms with Gasteiger partial charge in [0.2, 0.25) is 0 Å². The van der Waals surface area contributed by atoms with E-state index >= 15 is 0 Å². The standard InChI is InChI=1S/C15H25N/c1-4-5-6-8-11-15(2,3)13-14-10-7-9-12-16-14/h7,9-10,12H,4-6,8,11,13H2,1-3H3. The van der Waals surface area contributed by atoms with Gasteiger partial charge in [0.1, 0.15) is 0 Å². The maximum Gasteiger partial charge on any atom is 0.0408 e. The van der Waals surface area contributed by atoms with Crippen LogP contribution in [0.5, 0.6) is 0 Å². The van der Waals surface area contributed by atoms with Gasteiger partial charge in [0.25, 0.3) is 0 Å². The Morgan fingerprint density at radius 3 is 2.56 bits per heavy atom. The third kappa shape index (κ3) is 5.29. The van der Waals surface area contributed by atoms with Crippen molar-refractivity contribution in [1.29, 1.82) is 0 Å². The summed E-state index contributed by atoms with van der Waals surface area (Å²) >= 11 is 0. The molecule has 1 heterocycles. The predicted octanol–water partition coefficient (Wildman–Crippen LogP) is 4.62.